The van der Waals surface area contributed by atoms with E-state index in [2.05, 4.69) is 4.90 Å². The third kappa shape index (κ3) is 2.17. The lowest BCUT2D eigenvalue weighted by atomic mass is 9.81. The van der Waals surface area contributed by atoms with Crippen molar-refractivity contribution in [3.05, 3.63) is 0 Å². The Morgan fingerprint density at radius 1 is 1.33 bits per heavy atom. The maximum absolute atomic E-state index is 11.2. The summed E-state index contributed by atoms with van der Waals surface area (Å²) in [4.78, 5) is 13.6. The van der Waals surface area contributed by atoms with Crippen LogP contribution in [0.2, 0.25) is 0 Å². The van der Waals surface area contributed by atoms with E-state index >= 15 is 0 Å². The molecule has 1 heterocycles. The maximum Gasteiger partial charge on any atom is 0.310 e. The van der Waals surface area contributed by atoms with Crippen LogP contribution in [-0.2, 0) is 4.79 Å². The van der Waals surface area contributed by atoms with E-state index in [1.807, 2.05) is 6.92 Å². The lowest BCUT2D eigenvalue weighted by Crippen LogP contribution is -2.49. The average Bonchev–Trinajstić information content (AvgIpc) is 2.70. The van der Waals surface area contributed by atoms with Gasteiger partial charge in [0.05, 0.1) is 5.41 Å². The first kappa shape index (κ1) is 10.9. The first-order chi connectivity index (χ1) is 7.12. The fourth-order valence-corrected chi connectivity index (χ4v) is 3.03. The molecule has 2 aliphatic rings. The molecule has 1 saturated heterocycles. The highest BCUT2D eigenvalue weighted by Crippen LogP contribution is 2.34. The summed E-state index contributed by atoms with van der Waals surface area (Å²) in [6.45, 7) is 3.76. The van der Waals surface area contributed by atoms with Crippen LogP contribution in [0.4, 0.5) is 0 Å². The van der Waals surface area contributed by atoms with Gasteiger partial charge in [-0.15, -0.1) is 0 Å². The van der Waals surface area contributed by atoms with Crippen molar-refractivity contribution in [1.82, 2.24) is 4.90 Å². The molecule has 1 aliphatic heterocycles. The Labute approximate surface area is 91.5 Å². The molecule has 0 aromatic carbocycles. The highest BCUT2D eigenvalue weighted by Gasteiger charge is 2.40. The molecule has 1 N–H and O–H groups in total. The SMILES string of the molecule is C[C@]1(C(=O)O)CCCN(C2CCCC2)C1. The summed E-state index contributed by atoms with van der Waals surface area (Å²) in [6.07, 6.45) is 7.08. The number of hydrogen-bond donors (Lipinski definition) is 1. The normalized spacial score (nSPS) is 34.5. The summed E-state index contributed by atoms with van der Waals surface area (Å²) >= 11 is 0. The predicted molar refractivity (Wildman–Crippen MR) is 58.8 cm³/mol. The quantitative estimate of drug-likeness (QED) is 0.760. The molecule has 2 rings (SSSR count). The molecule has 1 aliphatic carbocycles. The standard InChI is InChI=1S/C12H21NO2/c1-12(11(14)15)7-4-8-13(9-12)10-5-2-3-6-10/h10H,2-9H2,1H3,(H,14,15)/t12-/m0/s1. The third-order valence-electron chi connectivity index (χ3n) is 4.08. The van der Waals surface area contributed by atoms with Gasteiger partial charge in [0.2, 0.25) is 0 Å². The smallest absolute Gasteiger partial charge is 0.310 e. The largest absolute Gasteiger partial charge is 0.481 e. The van der Waals surface area contributed by atoms with Gasteiger partial charge >= 0.3 is 5.97 Å². The van der Waals surface area contributed by atoms with Gasteiger partial charge in [0.1, 0.15) is 0 Å². The Morgan fingerprint density at radius 3 is 2.60 bits per heavy atom. The number of aliphatic carboxylic acids is 1. The van der Waals surface area contributed by atoms with Crippen LogP contribution in [-0.4, -0.2) is 35.1 Å². The molecule has 1 atom stereocenters. The Morgan fingerprint density at radius 2 is 2.00 bits per heavy atom. The molecule has 86 valence electrons. The summed E-state index contributed by atoms with van der Waals surface area (Å²) in [5.74, 6) is -0.620. The first-order valence-electron chi connectivity index (χ1n) is 6.09. The van der Waals surface area contributed by atoms with Gasteiger partial charge in [-0.25, -0.2) is 0 Å². The zero-order chi connectivity index (χ0) is 10.9. The topological polar surface area (TPSA) is 40.5 Å². The molecule has 0 aromatic rings. The molecule has 0 radical (unpaired) electrons. The number of carboxylic acid groups (broad SMARTS) is 1. The van der Waals surface area contributed by atoms with E-state index in [1.54, 1.807) is 0 Å². The Balaban J connectivity index is 2.00. The van der Waals surface area contributed by atoms with Crippen molar-refractivity contribution in [1.29, 1.82) is 0 Å². The second kappa shape index (κ2) is 4.12. The third-order valence-corrected chi connectivity index (χ3v) is 4.08. The summed E-state index contributed by atoms with van der Waals surface area (Å²) < 4.78 is 0. The Hall–Kier alpha value is -0.570. The molecule has 0 bridgehead atoms. The number of hydrogen-bond acceptors (Lipinski definition) is 2. The van der Waals surface area contributed by atoms with Crippen molar-refractivity contribution >= 4 is 5.97 Å². The monoisotopic (exact) mass is 211 g/mol. The number of likely N-dealkylation sites (tertiary alicyclic amines) is 1. The molecular formula is C12H21NO2. The fraction of sp³-hybridized carbons (Fsp3) is 0.917. The minimum Gasteiger partial charge on any atom is -0.481 e. The second-order valence-corrected chi connectivity index (χ2v) is 5.38. The van der Waals surface area contributed by atoms with Crippen LogP contribution in [0.1, 0.15) is 45.4 Å². The van der Waals surface area contributed by atoms with E-state index in [4.69, 9.17) is 0 Å². The number of carboxylic acids is 1. The van der Waals surface area contributed by atoms with Gasteiger partial charge in [-0.3, -0.25) is 9.69 Å². The van der Waals surface area contributed by atoms with Gasteiger partial charge in [0, 0.05) is 12.6 Å². The molecular weight excluding hydrogens is 190 g/mol. The van der Waals surface area contributed by atoms with Crippen LogP contribution in [0.3, 0.4) is 0 Å². The molecule has 2 fully saturated rings. The highest BCUT2D eigenvalue weighted by atomic mass is 16.4. The Kier molecular flexibility index (Phi) is 3.01. The molecule has 15 heavy (non-hydrogen) atoms. The number of carbonyl (C=O) groups is 1. The zero-order valence-electron chi connectivity index (χ0n) is 9.54. The van der Waals surface area contributed by atoms with Gasteiger partial charge in [0.15, 0.2) is 0 Å². The maximum atomic E-state index is 11.2. The van der Waals surface area contributed by atoms with E-state index < -0.39 is 11.4 Å². The van der Waals surface area contributed by atoms with Crippen LogP contribution in [0, 0.1) is 5.41 Å². The zero-order valence-corrected chi connectivity index (χ0v) is 9.54. The number of rotatable bonds is 2. The van der Waals surface area contributed by atoms with Crippen molar-refractivity contribution in [2.45, 2.75) is 51.5 Å². The van der Waals surface area contributed by atoms with E-state index in [1.165, 1.54) is 25.7 Å². The van der Waals surface area contributed by atoms with Crippen molar-refractivity contribution in [2.24, 2.45) is 5.41 Å². The van der Waals surface area contributed by atoms with Crippen LogP contribution in [0.5, 0.6) is 0 Å². The van der Waals surface area contributed by atoms with Crippen LogP contribution < -0.4 is 0 Å². The minimum absolute atomic E-state index is 0.499. The summed E-state index contributed by atoms with van der Waals surface area (Å²) in [5.41, 5.74) is -0.499. The van der Waals surface area contributed by atoms with Crippen molar-refractivity contribution < 1.29 is 9.90 Å². The van der Waals surface area contributed by atoms with Crippen molar-refractivity contribution in [3.63, 3.8) is 0 Å². The van der Waals surface area contributed by atoms with E-state index in [0.717, 1.165) is 25.9 Å². The van der Waals surface area contributed by atoms with Gasteiger partial charge in [-0.05, 0) is 39.2 Å². The van der Waals surface area contributed by atoms with Gasteiger partial charge < -0.3 is 5.11 Å². The molecule has 0 unspecified atom stereocenters. The molecule has 0 amide bonds. The summed E-state index contributed by atoms with van der Waals surface area (Å²) in [7, 11) is 0. The van der Waals surface area contributed by atoms with Gasteiger partial charge in [-0.1, -0.05) is 12.8 Å². The minimum atomic E-state index is -0.620. The van der Waals surface area contributed by atoms with Crippen molar-refractivity contribution in [2.75, 3.05) is 13.1 Å². The molecule has 3 nitrogen and oxygen atoms in total. The van der Waals surface area contributed by atoms with Gasteiger partial charge in [0.25, 0.3) is 0 Å². The number of nitrogens with zero attached hydrogens (tertiary/aromatic N) is 1. The fourth-order valence-electron chi connectivity index (χ4n) is 3.03. The van der Waals surface area contributed by atoms with E-state index in [-0.39, 0.29) is 0 Å². The molecule has 1 saturated carbocycles. The lowest BCUT2D eigenvalue weighted by Gasteiger charge is -2.40. The lowest BCUT2D eigenvalue weighted by molar-refractivity contribution is -0.151. The highest BCUT2D eigenvalue weighted by molar-refractivity contribution is 5.74. The molecule has 0 aromatic heterocycles. The van der Waals surface area contributed by atoms with E-state index in [0.29, 0.717) is 6.04 Å². The summed E-state index contributed by atoms with van der Waals surface area (Å²) in [6, 6.07) is 0.670. The Bertz CT molecular complexity index is 248. The summed E-state index contributed by atoms with van der Waals surface area (Å²) in [5, 5.41) is 9.23. The first-order valence-corrected chi connectivity index (χ1v) is 6.09. The molecule has 3 heteroatoms. The number of piperidine rings is 1. The van der Waals surface area contributed by atoms with Crippen molar-refractivity contribution in [3.8, 4) is 0 Å². The van der Waals surface area contributed by atoms with Crippen LogP contribution in [0.15, 0.2) is 0 Å². The van der Waals surface area contributed by atoms with Crippen LogP contribution in [0.25, 0.3) is 0 Å². The van der Waals surface area contributed by atoms with Crippen LogP contribution >= 0.6 is 0 Å². The molecule has 0 spiro atoms. The average molecular weight is 211 g/mol. The van der Waals surface area contributed by atoms with Gasteiger partial charge in [-0.2, -0.15) is 0 Å². The van der Waals surface area contributed by atoms with E-state index in [9.17, 15) is 9.90 Å². The predicted octanol–water partition coefficient (Wildman–Crippen LogP) is 2.12. The second-order valence-electron chi connectivity index (χ2n) is 5.38.